The molecule has 0 aliphatic carbocycles. The zero-order chi connectivity index (χ0) is 18.9. The average molecular weight is 363 g/mol. The highest BCUT2D eigenvalue weighted by atomic mass is 19.1. The van der Waals surface area contributed by atoms with Crippen molar-refractivity contribution in [3.8, 4) is 0 Å². The first-order valence-corrected chi connectivity index (χ1v) is 9.54. The number of ether oxygens (including phenoxy) is 2. The lowest BCUT2D eigenvalue weighted by Crippen LogP contribution is -2.53. The smallest absolute Gasteiger partial charge is 0.410 e. The van der Waals surface area contributed by atoms with Gasteiger partial charge in [0.1, 0.15) is 11.4 Å². The molecule has 4 nitrogen and oxygen atoms in total. The molecule has 1 aromatic rings. The normalized spacial score (nSPS) is 29.2. The predicted molar refractivity (Wildman–Crippen MR) is 98.5 cm³/mol. The molecule has 144 valence electrons. The number of rotatable bonds is 2. The van der Waals surface area contributed by atoms with Crippen LogP contribution in [0.3, 0.4) is 0 Å². The molecule has 26 heavy (non-hydrogen) atoms. The van der Waals surface area contributed by atoms with Crippen LogP contribution in [0.2, 0.25) is 0 Å². The first-order valence-electron chi connectivity index (χ1n) is 9.54. The molecule has 0 bridgehead atoms. The van der Waals surface area contributed by atoms with Crippen LogP contribution in [0.1, 0.15) is 52.5 Å². The summed E-state index contributed by atoms with van der Waals surface area (Å²) in [6.45, 7) is 9.19. The molecule has 1 amide bonds. The number of carbonyl (C=O) groups excluding carboxylic acids is 1. The molecule has 0 radical (unpaired) electrons. The van der Waals surface area contributed by atoms with E-state index in [2.05, 4.69) is 6.92 Å². The number of nitrogens with zero attached hydrogens (tertiary/aromatic N) is 1. The SMILES string of the molecule is CC(C)(C)OC(=O)N1CC[C@H]2O[C@](C)(Cc3ccc(F)cc3)CC[C@H]2C1. The third kappa shape index (κ3) is 4.76. The van der Waals surface area contributed by atoms with Gasteiger partial charge in [-0.3, -0.25) is 0 Å². The highest BCUT2D eigenvalue weighted by molar-refractivity contribution is 5.68. The van der Waals surface area contributed by atoms with Crippen molar-refractivity contribution in [1.29, 1.82) is 0 Å². The molecule has 2 heterocycles. The summed E-state index contributed by atoms with van der Waals surface area (Å²) >= 11 is 0. The molecule has 3 atom stereocenters. The Labute approximate surface area is 155 Å². The van der Waals surface area contributed by atoms with Crippen molar-refractivity contribution < 1.29 is 18.7 Å². The first kappa shape index (κ1) is 19.2. The minimum absolute atomic E-state index is 0.174. The number of fused-ring (bicyclic) bond motifs is 1. The molecule has 0 spiro atoms. The third-order valence-electron chi connectivity index (χ3n) is 5.29. The fourth-order valence-electron chi connectivity index (χ4n) is 4.01. The summed E-state index contributed by atoms with van der Waals surface area (Å²) < 4.78 is 25.1. The largest absolute Gasteiger partial charge is 0.444 e. The van der Waals surface area contributed by atoms with E-state index in [4.69, 9.17) is 9.47 Å². The molecule has 0 unspecified atom stereocenters. The summed E-state index contributed by atoms with van der Waals surface area (Å²) in [5, 5.41) is 0. The zero-order valence-corrected chi connectivity index (χ0v) is 16.3. The molecule has 2 saturated heterocycles. The maximum atomic E-state index is 13.1. The van der Waals surface area contributed by atoms with Gasteiger partial charge in [0, 0.05) is 25.4 Å². The van der Waals surface area contributed by atoms with E-state index in [9.17, 15) is 9.18 Å². The van der Waals surface area contributed by atoms with Gasteiger partial charge in [-0.15, -0.1) is 0 Å². The Balaban J connectivity index is 1.57. The van der Waals surface area contributed by atoms with Crippen molar-refractivity contribution in [2.75, 3.05) is 13.1 Å². The van der Waals surface area contributed by atoms with Crippen LogP contribution < -0.4 is 0 Å². The second-order valence-corrected chi connectivity index (χ2v) is 8.92. The van der Waals surface area contributed by atoms with Crippen molar-refractivity contribution in [3.05, 3.63) is 35.6 Å². The van der Waals surface area contributed by atoms with Crippen molar-refractivity contribution in [3.63, 3.8) is 0 Å². The second kappa shape index (κ2) is 7.18. The summed E-state index contributed by atoms with van der Waals surface area (Å²) in [5.74, 6) is 0.149. The Morgan fingerprint density at radius 3 is 2.65 bits per heavy atom. The van der Waals surface area contributed by atoms with Crippen LogP contribution in [0.25, 0.3) is 0 Å². The molecule has 1 aromatic carbocycles. The summed E-state index contributed by atoms with van der Waals surface area (Å²) in [4.78, 5) is 14.1. The number of likely N-dealkylation sites (tertiary alicyclic amines) is 1. The van der Waals surface area contributed by atoms with E-state index in [0.717, 1.165) is 31.2 Å². The summed E-state index contributed by atoms with van der Waals surface area (Å²) in [7, 11) is 0. The minimum atomic E-state index is -0.468. The van der Waals surface area contributed by atoms with E-state index < -0.39 is 5.60 Å². The van der Waals surface area contributed by atoms with Crippen LogP contribution in [0.15, 0.2) is 24.3 Å². The number of piperidine rings is 1. The molecular weight excluding hydrogens is 333 g/mol. The van der Waals surface area contributed by atoms with E-state index in [1.165, 1.54) is 12.1 Å². The molecule has 2 aliphatic heterocycles. The van der Waals surface area contributed by atoms with Gasteiger partial charge in [0.25, 0.3) is 0 Å². The van der Waals surface area contributed by atoms with Gasteiger partial charge in [-0.2, -0.15) is 0 Å². The topological polar surface area (TPSA) is 38.8 Å². The minimum Gasteiger partial charge on any atom is -0.444 e. The maximum Gasteiger partial charge on any atom is 0.410 e. The Morgan fingerprint density at radius 2 is 2.00 bits per heavy atom. The van der Waals surface area contributed by atoms with Gasteiger partial charge in [-0.1, -0.05) is 12.1 Å². The number of hydrogen-bond donors (Lipinski definition) is 0. The van der Waals surface area contributed by atoms with E-state index >= 15 is 0 Å². The molecule has 3 rings (SSSR count). The summed E-state index contributed by atoms with van der Waals surface area (Å²) in [6.07, 6.45) is 3.54. The highest BCUT2D eigenvalue weighted by Gasteiger charge is 2.42. The number of hydrogen-bond acceptors (Lipinski definition) is 3. The number of carbonyl (C=O) groups is 1. The first-order chi connectivity index (χ1) is 12.1. The van der Waals surface area contributed by atoms with Crippen LogP contribution in [0.5, 0.6) is 0 Å². The van der Waals surface area contributed by atoms with E-state index in [1.54, 1.807) is 0 Å². The monoisotopic (exact) mass is 363 g/mol. The zero-order valence-electron chi connectivity index (χ0n) is 16.3. The Bertz CT molecular complexity index is 640. The quantitative estimate of drug-likeness (QED) is 0.773. The second-order valence-electron chi connectivity index (χ2n) is 8.92. The third-order valence-corrected chi connectivity index (χ3v) is 5.29. The number of amides is 1. The van der Waals surface area contributed by atoms with E-state index in [1.807, 2.05) is 37.8 Å². The number of halogens is 1. The Hall–Kier alpha value is -1.62. The maximum absolute atomic E-state index is 13.1. The van der Waals surface area contributed by atoms with Gasteiger partial charge in [0.2, 0.25) is 0 Å². The van der Waals surface area contributed by atoms with Gasteiger partial charge in [0.15, 0.2) is 0 Å². The lowest BCUT2D eigenvalue weighted by molar-refractivity contribution is -0.161. The van der Waals surface area contributed by atoms with Gasteiger partial charge < -0.3 is 14.4 Å². The average Bonchev–Trinajstić information content (AvgIpc) is 2.55. The van der Waals surface area contributed by atoms with Crippen molar-refractivity contribution >= 4 is 6.09 Å². The van der Waals surface area contributed by atoms with Gasteiger partial charge in [-0.05, 0) is 64.7 Å². The van der Waals surface area contributed by atoms with Crippen molar-refractivity contribution in [2.45, 2.75) is 70.7 Å². The van der Waals surface area contributed by atoms with E-state index in [0.29, 0.717) is 19.0 Å². The molecule has 5 heteroatoms. The summed E-state index contributed by atoms with van der Waals surface area (Å²) in [6, 6.07) is 6.68. The van der Waals surface area contributed by atoms with Crippen molar-refractivity contribution in [2.24, 2.45) is 5.92 Å². The lowest BCUT2D eigenvalue weighted by atomic mass is 9.80. The van der Waals surface area contributed by atoms with E-state index in [-0.39, 0.29) is 23.6 Å². The molecule has 0 N–H and O–H groups in total. The standard InChI is InChI=1S/C21H30FNO3/c1-20(2,3)26-19(24)23-12-10-18-16(14-23)9-11-21(4,25-18)13-15-5-7-17(22)8-6-15/h5-8,16,18H,9-14H2,1-4H3/t16-,18+,21-/m0/s1. The summed E-state index contributed by atoms with van der Waals surface area (Å²) in [5.41, 5.74) is 0.399. The molecule has 0 aromatic heterocycles. The van der Waals surface area contributed by atoms with Crippen LogP contribution >= 0.6 is 0 Å². The Morgan fingerprint density at radius 1 is 1.31 bits per heavy atom. The molecule has 2 aliphatic rings. The molecule has 2 fully saturated rings. The highest BCUT2D eigenvalue weighted by Crippen LogP contribution is 2.38. The van der Waals surface area contributed by atoms with Gasteiger partial charge in [0.05, 0.1) is 11.7 Å². The van der Waals surface area contributed by atoms with Crippen LogP contribution in [-0.4, -0.2) is 41.4 Å². The van der Waals surface area contributed by atoms with Gasteiger partial charge >= 0.3 is 6.09 Å². The lowest BCUT2D eigenvalue weighted by Gasteiger charge is -2.47. The number of benzene rings is 1. The fraction of sp³-hybridized carbons (Fsp3) is 0.667. The fourth-order valence-corrected chi connectivity index (χ4v) is 4.01. The predicted octanol–water partition coefficient (Wildman–Crippen LogP) is 4.56. The molecular formula is C21H30FNO3. The van der Waals surface area contributed by atoms with Gasteiger partial charge in [-0.25, -0.2) is 9.18 Å². The van der Waals surface area contributed by atoms with Crippen LogP contribution in [0.4, 0.5) is 9.18 Å². The molecule has 0 saturated carbocycles. The van der Waals surface area contributed by atoms with Crippen LogP contribution in [-0.2, 0) is 15.9 Å². The Kier molecular flexibility index (Phi) is 5.29. The van der Waals surface area contributed by atoms with Crippen molar-refractivity contribution in [1.82, 2.24) is 4.90 Å². The van der Waals surface area contributed by atoms with Crippen LogP contribution in [0, 0.1) is 11.7 Å².